The third-order valence-corrected chi connectivity index (χ3v) is 4.55. The van der Waals surface area contributed by atoms with Crippen LogP contribution in [0.4, 0.5) is 0 Å². The highest BCUT2D eigenvalue weighted by atomic mass is 35.5. The van der Waals surface area contributed by atoms with Crippen molar-refractivity contribution < 1.29 is 4.74 Å². The molecule has 2 rings (SSSR count). The van der Waals surface area contributed by atoms with Crippen molar-refractivity contribution >= 4 is 36.4 Å². The second kappa shape index (κ2) is 12.2. The Balaban J connectivity index is 0.00000242. The molecule has 1 aliphatic heterocycles. The van der Waals surface area contributed by atoms with Gasteiger partial charge < -0.3 is 10.1 Å². The maximum atomic E-state index is 6.17. The van der Waals surface area contributed by atoms with Gasteiger partial charge in [-0.25, -0.2) is 0 Å². The molecule has 0 bridgehead atoms. The van der Waals surface area contributed by atoms with Crippen molar-refractivity contribution in [3.05, 3.63) is 28.8 Å². The van der Waals surface area contributed by atoms with Crippen LogP contribution in [0.1, 0.15) is 44.2 Å². The number of hydrogen-bond acceptors (Lipinski definition) is 3. The number of nitrogens with zero attached hydrogens (tertiary/aromatic N) is 1. The Morgan fingerprint density at radius 3 is 2.52 bits per heavy atom. The molecule has 1 fully saturated rings. The number of nitrogens with one attached hydrogen (secondary N) is 1. The second-order valence-electron chi connectivity index (χ2n) is 5.69. The third kappa shape index (κ3) is 6.67. The van der Waals surface area contributed by atoms with Crippen molar-refractivity contribution in [3.63, 3.8) is 0 Å². The Kier molecular flexibility index (Phi) is 12.1. The number of rotatable bonds is 7. The van der Waals surface area contributed by atoms with Gasteiger partial charge in [-0.15, -0.1) is 24.8 Å². The highest BCUT2D eigenvalue weighted by Gasteiger charge is 2.22. The predicted molar refractivity (Wildman–Crippen MR) is 104 cm³/mol. The molecule has 23 heavy (non-hydrogen) atoms. The normalized spacial score (nSPS) is 16.1. The van der Waals surface area contributed by atoms with Crippen molar-refractivity contribution in [1.82, 2.24) is 10.2 Å². The lowest BCUT2D eigenvalue weighted by Gasteiger charge is -2.35. The minimum absolute atomic E-state index is 0. The molecule has 1 atom stereocenters. The molecule has 1 saturated heterocycles. The number of methoxy groups -OCH3 is 1. The van der Waals surface area contributed by atoms with Gasteiger partial charge in [0.2, 0.25) is 0 Å². The van der Waals surface area contributed by atoms with Gasteiger partial charge in [-0.05, 0) is 24.1 Å². The van der Waals surface area contributed by atoms with Crippen LogP contribution in [0, 0.1) is 0 Å². The maximum absolute atomic E-state index is 6.17. The van der Waals surface area contributed by atoms with Crippen molar-refractivity contribution in [3.8, 4) is 5.75 Å². The van der Waals surface area contributed by atoms with E-state index in [1.54, 1.807) is 7.11 Å². The zero-order chi connectivity index (χ0) is 15.1. The highest BCUT2D eigenvalue weighted by molar-refractivity contribution is 6.32. The van der Waals surface area contributed by atoms with Gasteiger partial charge in [0.1, 0.15) is 5.75 Å². The molecule has 0 saturated carbocycles. The van der Waals surface area contributed by atoms with Crippen LogP contribution in [0.2, 0.25) is 5.02 Å². The quantitative estimate of drug-likeness (QED) is 0.689. The van der Waals surface area contributed by atoms with E-state index in [0.717, 1.165) is 31.9 Å². The van der Waals surface area contributed by atoms with E-state index in [-0.39, 0.29) is 24.8 Å². The Morgan fingerprint density at radius 1 is 1.22 bits per heavy atom. The minimum Gasteiger partial charge on any atom is -0.495 e. The van der Waals surface area contributed by atoms with E-state index >= 15 is 0 Å². The number of ether oxygens (including phenoxy) is 1. The maximum Gasteiger partial charge on any atom is 0.137 e. The third-order valence-electron chi connectivity index (χ3n) is 4.23. The van der Waals surface area contributed by atoms with E-state index in [1.807, 2.05) is 6.07 Å². The van der Waals surface area contributed by atoms with E-state index < -0.39 is 0 Å². The Bertz CT molecular complexity index is 440. The lowest BCUT2D eigenvalue weighted by Crippen LogP contribution is -2.45. The molecule has 0 unspecified atom stereocenters. The summed E-state index contributed by atoms with van der Waals surface area (Å²) in [5.74, 6) is 0.782. The van der Waals surface area contributed by atoms with E-state index in [4.69, 9.17) is 16.3 Å². The Morgan fingerprint density at radius 2 is 1.91 bits per heavy atom. The van der Waals surface area contributed by atoms with Gasteiger partial charge in [0.05, 0.1) is 12.1 Å². The van der Waals surface area contributed by atoms with Gasteiger partial charge in [-0.1, -0.05) is 43.9 Å². The topological polar surface area (TPSA) is 24.5 Å². The molecule has 1 aliphatic rings. The fraction of sp³-hybridized carbons (Fsp3) is 0.647. The van der Waals surface area contributed by atoms with Crippen LogP contribution in [0.25, 0.3) is 0 Å². The van der Waals surface area contributed by atoms with Gasteiger partial charge >= 0.3 is 0 Å². The molecule has 6 heteroatoms. The molecular weight excluding hydrogens is 355 g/mol. The largest absolute Gasteiger partial charge is 0.495 e. The zero-order valence-electron chi connectivity index (χ0n) is 14.0. The molecule has 0 radical (unpaired) electrons. The first kappa shape index (κ1) is 22.8. The zero-order valence-corrected chi connectivity index (χ0v) is 16.4. The molecule has 1 aromatic rings. The average Bonchev–Trinajstić information content (AvgIpc) is 2.53. The van der Waals surface area contributed by atoms with Crippen LogP contribution in [0.3, 0.4) is 0 Å². The molecular formula is C17H29Cl3N2O. The standard InChI is InChI=1S/C17H27ClN2O.2ClH/c1-3-4-5-6-16(20-11-9-19-10-12-20)14-7-8-15(18)17(13-14)21-2;;/h7-8,13,16,19H,3-6,9-12H2,1-2H3;2*1H/t16-;;/m0../s1. The Hall–Kier alpha value is -0.190. The number of hydrogen-bond donors (Lipinski definition) is 1. The first-order valence-electron chi connectivity index (χ1n) is 8.04. The van der Waals surface area contributed by atoms with E-state index in [2.05, 4.69) is 29.3 Å². The van der Waals surface area contributed by atoms with Crippen molar-refractivity contribution in [1.29, 1.82) is 0 Å². The number of unbranched alkanes of at least 4 members (excludes halogenated alkanes) is 2. The predicted octanol–water partition coefficient (Wildman–Crippen LogP) is 4.72. The summed E-state index contributed by atoms with van der Waals surface area (Å²) in [7, 11) is 1.68. The molecule has 0 spiro atoms. The van der Waals surface area contributed by atoms with Crippen LogP contribution in [-0.4, -0.2) is 38.2 Å². The smallest absolute Gasteiger partial charge is 0.137 e. The molecule has 1 aromatic carbocycles. The van der Waals surface area contributed by atoms with Crippen molar-refractivity contribution in [2.75, 3.05) is 33.3 Å². The highest BCUT2D eigenvalue weighted by Crippen LogP contribution is 2.33. The van der Waals surface area contributed by atoms with E-state index in [9.17, 15) is 0 Å². The molecule has 0 amide bonds. The SMILES string of the molecule is CCCCC[C@@H](c1ccc(Cl)c(OC)c1)N1CCNCC1.Cl.Cl. The Labute approximate surface area is 157 Å². The molecule has 134 valence electrons. The summed E-state index contributed by atoms with van der Waals surface area (Å²) in [5.41, 5.74) is 1.33. The average molecular weight is 384 g/mol. The minimum atomic E-state index is 0. The summed E-state index contributed by atoms with van der Waals surface area (Å²) >= 11 is 6.17. The fourth-order valence-electron chi connectivity index (χ4n) is 3.03. The van der Waals surface area contributed by atoms with E-state index in [1.165, 1.54) is 31.2 Å². The molecule has 0 aromatic heterocycles. The van der Waals surface area contributed by atoms with Gasteiger partial charge in [-0.3, -0.25) is 4.90 Å². The second-order valence-corrected chi connectivity index (χ2v) is 6.10. The van der Waals surface area contributed by atoms with Crippen LogP contribution in [-0.2, 0) is 0 Å². The van der Waals surface area contributed by atoms with E-state index in [0.29, 0.717) is 11.1 Å². The lowest BCUT2D eigenvalue weighted by molar-refractivity contribution is 0.162. The van der Waals surface area contributed by atoms with Crippen molar-refractivity contribution in [2.24, 2.45) is 0 Å². The summed E-state index contributed by atoms with van der Waals surface area (Å²) in [5, 5.41) is 4.12. The lowest BCUT2D eigenvalue weighted by atomic mass is 9.98. The number of halogens is 3. The summed E-state index contributed by atoms with van der Waals surface area (Å²) < 4.78 is 5.39. The molecule has 3 nitrogen and oxygen atoms in total. The van der Waals surface area contributed by atoms with Crippen LogP contribution in [0.5, 0.6) is 5.75 Å². The van der Waals surface area contributed by atoms with Crippen LogP contribution < -0.4 is 10.1 Å². The molecule has 1 heterocycles. The monoisotopic (exact) mass is 382 g/mol. The number of piperazine rings is 1. The van der Waals surface area contributed by atoms with Crippen LogP contribution in [0.15, 0.2) is 18.2 Å². The number of benzene rings is 1. The van der Waals surface area contributed by atoms with Gasteiger partial charge in [0, 0.05) is 32.2 Å². The fourth-order valence-corrected chi connectivity index (χ4v) is 3.22. The summed E-state index contributed by atoms with van der Waals surface area (Å²) in [6.45, 7) is 6.64. The molecule has 1 N–H and O–H groups in total. The van der Waals surface area contributed by atoms with Crippen LogP contribution >= 0.6 is 36.4 Å². The summed E-state index contributed by atoms with van der Waals surface area (Å²) in [6, 6.07) is 6.71. The summed E-state index contributed by atoms with van der Waals surface area (Å²) in [6.07, 6.45) is 5.04. The first-order chi connectivity index (χ1) is 10.3. The van der Waals surface area contributed by atoms with Crippen molar-refractivity contribution in [2.45, 2.75) is 38.6 Å². The first-order valence-corrected chi connectivity index (χ1v) is 8.42. The van der Waals surface area contributed by atoms with Gasteiger partial charge in [-0.2, -0.15) is 0 Å². The van der Waals surface area contributed by atoms with Gasteiger partial charge in [0.15, 0.2) is 0 Å². The van der Waals surface area contributed by atoms with Gasteiger partial charge in [0.25, 0.3) is 0 Å². The molecule has 0 aliphatic carbocycles. The summed E-state index contributed by atoms with van der Waals surface area (Å²) in [4.78, 5) is 2.59.